The van der Waals surface area contributed by atoms with Gasteiger partial charge in [-0.15, -0.1) is 0 Å². The zero-order chi connectivity index (χ0) is 16.8. The lowest BCUT2D eigenvalue weighted by Crippen LogP contribution is -2.50. The van der Waals surface area contributed by atoms with Gasteiger partial charge in [0, 0.05) is 12.6 Å². The van der Waals surface area contributed by atoms with E-state index in [2.05, 4.69) is 29.4 Å². The van der Waals surface area contributed by atoms with Crippen molar-refractivity contribution in [3.8, 4) is 0 Å². The third kappa shape index (κ3) is 5.10. The molecule has 128 valence electrons. The SMILES string of the molecule is CC1CCN([C@H](C)CNC(=O)[C@H](C)NC(=O)c2ccoc2)CC1. The summed E-state index contributed by atoms with van der Waals surface area (Å²) in [5.74, 6) is 0.324. The molecule has 2 atom stereocenters. The van der Waals surface area contributed by atoms with E-state index in [4.69, 9.17) is 4.42 Å². The number of likely N-dealkylation sites (tertiary alicyclic amines) is 1. The lowest BCUT2D eigenvalue weighted by atomic mass is 9.98. The minimum absolute atomic E-state index is 0.168. The van der Waals surface area contributed by atoms with E-state index < -0.39 is 6.04 Å². The van der Waals surface area contributed by atoms with Gasteiger partial charge < -0.3 is 15.1 Å². The Hall–Kier alpha value is -1.82. The number of nitrogens with zero attached hydrogens (tertiary/aromatic N) is 1. The van der Waals surface area contributed by atoms with E-state index in [1.807, 2.05) is 0 Å². The molecule has 2 amide bonds. The Kier molecular flexibility index (Phi) is 6.21. The summed E-state index contributed by atoms with van der Waals surface area (Å²) in [6.07, 6.45) is 5.23. The number of rotatable bonds is 6. The molecule has 23 heavy (non-hydrogen) atoms. The smallest absolute Gasteiger partial charge is 0.255 e. The van der Waals surface area contributed by atoms with Crippen LogP contribution in [-0.4, -0.2) is 48.4 Å². The van der Waals surface area contributed by atoms with E-state index in [1.165, 1.54) is 25.4 Å². The van der Waals surface area contributed by atoms with Crippen molar-refractivity contribution in [2.24, 2.45) is 5.92 Å². The predicted molar refractivity (Wildman–Crippen MR) is 88.1 cm³/mol. The van der Waals surface area contributed by atoms with Crippen molar-refractivity contribution in [3.05, 3.63) is 24.2 Å². The monoisotopic (exact) mass is 321 g/mol. The van der Waals surface area contributed by atoms with Crippen molar-refractivity contribution < 1.29 is 14.0 Å². The number of carbonyl (C=O) groups is 2. The number of carbonyl (C=O) groups excluding carboxylic acids is 2. The van der Waals surface area contributed by atoms with E-state index in [0.29, 0.717) is 18.2 Å². The first kappa shape index (κ1) is 17.5. The van der Waals surface area contributed by atoms with Crippen LogP contribution in [0.15, 0.2) is 23.0 Å². The van der Waals surface area contributed by atoms with Crippen LogP contribution < -0.4 is 10.6 Å². The topological polar surface area (TPSA) is 74.6 Å². The molecule has 6 nitrogen and oxygen atoms in total. The van der Waals surface area contributed by atoms with Crippen LogP contribution in [-0.2, 0) is 4.79 Å². The zero-order valence-electron chi connectivity index (χ0n) is 14.2. The molecule has 1 aliphatic heterocycles. The minimum atomic E-state index is -0.578. The van der Waals surface area contributed by atoms with Crippen LogP contribution in [0.25, 0.3) is 0 Å². The molecule has 0 unspecified atom stereocenters. The average molecular weight is 321 g/mol. The highest BCUT2D eigenvalue weighted by Gasteiger charge is 2.22. The number of piperidine rings is 1. The van der Waals surface area contributed by atoms with Crippen molar-refractivity contribution in [3.63, 3.8) is 0 Å². The average Bonchev–Trinajstić information content (AvgIpc) is 3.07. The summed E-state index contributed by atoms with van der Waals surface area (Å²) in [4.78, 5) is 26.4. The summed E-state index contributed by atoms with van der Waals surface area (Å²) in [5, 5.41) is 5.59. The molecular weight excluding hydrogens is 294 g/mol. The Morgan fingerprint density at radius 2 is 2.04 bits per heavy atom. The molecule has 0 aliphatic carbocycles. The van der Waals surface area contributed by atoms with Crippen molar-refractivity contribution >= 4 is 11.8 Å². The van der Waals surface area contributed by atoms with Crippen molar-refractivity contribution in [2.75, 3.05) is 19.6 Å². The molecule has 1 fully saturated rings. The van der Waals surface area contributed by atoms with Gasteiger partial charge in [0.25, 0.3) is 5.91 Å². The van der Waals surface area contributed by atoms with E-state index >= 15 is 0 Å². The summed E-state index contributed by atoms with van der Waals surface area (Å²) in [5.41, 5.74) is 0.417. The quantitative estimate of drug-likeness (QED) is 0.835. The molecule has 6 heteroatoms. The summed E-state index contributed by atoms with van der Waals surface area (Å²) in [7, 11) is 0. The highest BCUT2D eigenvalue weighted by atomic mass is 16.3. The molecule has 1 aromatic rings. The van der Waals surface area contributed by atoms with Gasteiger partial charge in [0.15, 0.2) is 0 Å². The van der Waals surface area contributed by atoms with Crippen LogP contribution in [0.5, 0.6) is 0 Å². The molecule has 2 rings (SSSR count). The first-order chi connectivity index (χ1) is 11.0. The van der Waals surface area contributed by atoms with Crippen molar-refractivity contribution in [1.29, 1.82) is 0 Å². The Balaban J connectivity index is 1.72. The number of hydrogen-bond donors (Lipinski definition) is 2. The molecule has 0 spiro atoms. The normalized spacial score (nSPS) is 19.1. The van der Waals surface area contributed by atoms with E-state index in [0.717, 1.165) is 19.0 Å². The molecular formula is C17H27N3O3. The Morgan fingerprint density at radius 1 is 1.35 bits per heavy atom. The minimum Gasteiger partial charge on any atom is -0.472 e. The fourth-order valence-electron chi connectivity index (χ4n) is 2.74. The summed E-state index contributed by atoms with van der Waals surface area (Å²) >= 11 is 0. The molecule has 0 bridgehead atoms. The second-order valence-electron chi connectivity index (χ2n) is 6.52. The van der Waals surface area contributed by atoms with E-state index in [1.54, 1.807) is 13.0 Å². The van der Waals surface area contributed by atoms with Gasteiger partial charge in [0.2, 0.25) is 5.91 Å². The molecule has 0 saturated carbocycles. The van der Waals surface area contributed by atoms with Crippen LogP contribution in [0.4, 0.5) is 0 Å². The van der Waals surface area contributed by atoms with Gasteiger partial charge in [0.05, 0.1) is 11.8 Å². The highest BCUT2D eigenvalue weighted by Crippen LogP contribution is 2.17. The molecule has 1 saturated heterocycles. The molecule has 1 aromatic heterocycles. The fraction of sp³-hybridized carbons (Fsp3) is 0.647. The van der Waals surface area contributed by atoms with E-state index in [-0.39, 0.29) is 11.8 Å². The number of amides is 2. The molecule has 0 aromatic carbocycles. The maximum Gasteiger partial charge on any atom is 0.255 e. The van der Waals surface area contributed by atoms with Crippen LogP contribution in [0.1, 0.15) is 44.0 Å². The van der Waals surface area contributed by atoms with Crippen molar-refractivity contribution in [1.82, 2.24) is 15.5 Å². The van der Waals surface area contributed by atoms with Crippen LogP contribution in [0, 0.1) is 5.92 Å². The van der Waals surface area contributed by atoms with Gasteiger partial charge in [-0.25, -0.2) is 0 Å². The maximum atomic E-state index is 12.1. The van der Waals surface area contributed by atoms with Crippen LogP contribution >= 0.6 is 0 Å². The third-order valence-electron chi connectivity index (χ3n) is 4.54. The van der Waals surface area contributed by atoms with Crippen molar-refractivity contribution in [2.45, 2.75) is 45.7 Å². The Bertz CT molecular complexity index is 507. The number of furan rings is 1. The molecule has 2 N–H and O–H groups in total. The predicted octanol–water partition coefficient (Wildman–Crippen LogP) is 1.63. The summed E-state index contributed by atoms with van der Waals surface area (Å²) < 4.78 is 4.86. The van der Waals surface area contributed by atoms with Gasteiger partial charge >= 0.3 is 0 Å². The van der Waals surface area contributed by atoms with Gasteiger partial charge in [0.1, 0.15) is 12.3 Å². The second-order valence-corrected chi connectivity index (χ2v) is 6.52. The largest absolute Gasteiger partial charge is 0.472 e. The number of nitrogens with one attached hydrogen (secondary N) is 2. The van der Waals surface area contributed by atoms with Gasteiger partial charge in [-0.05, 0) is 51.8 Å². The summed E-state index contributed by atoms with van der Waals surface area (Å²) in [6, 6.07) is 1.30. The van der Waals surface area contributed by atoms with Crippen LogP contribution in [0.3, 0.4) is 0 Å². The molecule has 2 heterocycles. The lowest BCUT2D eigenvalue weighted by molar-refractivity contribution is -0.122. The highest BCUT2D eigenvalue weighted by molar-refractivity contribution is 5.97. The first-order valence-electron chi connectivity index (χ1n) is 8.32. The maximum absolute atomic E-state index is 12.1. The van der Waals surface area contributed by atoms with Crippen LogP contribution in [0.2, 0.25) is 0 Å². The molecule has 1 aliphatic rings. The zero-order valence-corrected chi connectivity index (χ0v) is 14.2. The van der Waals surface area contributed by atoms with Gasteiger partial charge in [-0.2, -0.15) is 0 Å². The van der Waals surface area contributed by atoms with Gasteiger partial charge in [-0.3, -0.25) is 14.5 Å². The molecule has 0 radical (unpaired) electrons. The van der Waals surface area contributed by atoms with E-state index in [9.17, 15) is 9.59 Å². The lowest BCUT2D eigenvalue weighted by Gasteiger charge is -2.35. The Labute approximate surface area is 137 Å². The van der Waals surface area contributed by atoms with Gasteiger partial charge in [-0.1, -0.05) is 6.92 Å². The number of hydrogen-bond acceptors (Lipinski definition) is 4. The summed E-state index contributed by atoms with van der Waals surface area (Å²) in [6.45, 7) is 8.87. The Morgan fingerprint density at radius 3 is 2.65 bits per heavy atom. The standard InChI is InChI=1S/C17H27N3O3/c1-12-4-7-20(8-5-12)13(2)10-18-16(21)14(3)19-17(22)15-6-9-23-11-15/h6,9,11-14H,4-5,7-8,10H2,1-3H3,(H,18,21)(H,19,22)/t13-,14+/m1/s1. The first-order valence-corrected chi connectivity index (χ1v) is 8.32. The fourth-order valence-corrected chi connectivity index (χ4v) is 2.74. The second kappa shape index (κ2) is 8.15. The third-order valence-corrected chi connectivity index (χ3v) is 4.54.